The number of benzene rings is 2. The Kier molecular flexibility index (Phi) is 4.82. The molecule has 0 unspecified atom stereocenters. The van der Waals surface area contributed by atoms with E-state index < -0.39 is 5.97 Å². The molecular weight excluding hydrogens is 266 g/mol. The topological polar surface area (TPSA) is 60.8 Å². The molecule has 0 aliphatic heterocycles. The fourth-order valence-corrected chi connectivity index (χ4v) is 2.31. The van der Waals surface area contributed by atoms with Crippen molar-refractivity contribution in [3.05, 3.63) is 59.7 Å². The summed E-state index contributed by atoms with van der Waals surface area (Å²) in [6.45, 7) is 2.99. The van der Waals surface area contributed by atoms with Crippen molar-refractivity contribution in [3.63, 3.8) is 0 Å². The normalized spacial score (nSPS) is 10.3. The number of hydrogen-bond acceptors (Lipinski definition) is 3. The number of carboxylic acids is 1. The first kappa shape index (κ1) is 14.9. The third kappa shape index (κ3) is 4.24. The van der Waals surface area contributed by atoms with Crippen LogP contribution in [0.1, 0.15) is 17.5 Å². The summed E-state index contributed by atoms with van der Waals surface area (Å²) in [6, 6.07) is 14.9. The fourth-order valence-electron chi connectivity index (χ4n) is 2.31. The second kappa shape index (κ2) is 6.79. The van der Waals surface area contributed by atoms with Crippen molar-refractivity contribution in [3.8, 4) is 5.75 Å². The van der Waals surface area contributed by atoms with Crippen LogP contribution in [-0.4, -0.2) is 22.7 Å². The Labute approximate surface area is 124 Å². The number of carboxylic acid groups (broad SMARTS) is 1. The van der Waals surface area contributed by atoms with Gasteiger partial charge in [-0.1, -0.05) is 30.3 Å². The molecule has 0 saturated carbocycles. The van der Waals surface area contributed by atoms with Gasteiger partial charge in [-0.3, -0.25) is 4.79 Å². The summed E-state index contributed by atoms with van der Waals surface area (Å²) < 4.78 is 0. The van der Waals surface area contributed by atoms with E-state index in [1.807, 2.05) is 42.2 Å². The van der Waals surface area contributed by atoms with E-state index >= 15 is 0 Å². The Morgan fingerprint density at radius 1 is 1.14 bits per heavy atom. The molecule has 0 atom stereocenters. The van der Waals surface area contributed by atoms with E-state index in [0.29, 0.717) is 13.1 Å². The van der Waals surface area contributed by atoms with Crippen molar-refractivity contribution in [1.29, 1.82) is 0 Å². The average molecular weight is 285 g/mol. The lowest BCUT2D eigenvalue weighted by atomic mass is 10.1. The summed E-state index contributed by atoms with van der Waals surface area (Å²) in [4.78, 5) is 12.9. The summed E-state index contributed by atoms with van der Waals surface area (Å²) in [7, 11) is 0. The Bertz CT molecular complexity index is 625. The first-order chi connectivity index (χ1) is 10.1. The maximum Gasteiger partial charge on any atom is 0.305 e. The van der Waals surface area contributed by atoms with Crippen molar-refractivity contribution in [1.82, 2.24) is 0 Å². The largest absolute Gasteiger partial charge is 0.508 e. The molecule has 0 amide bonds. The highest BCUT2D eigenvalue weighted by molar-refractivity contribution is 5.68. The van der Waals surface area contributed by atoms with Crippen molar-refractivity contribution >= 4 is 11.7 Å². The van der Waals surface area contributed by atoms with Gasteiger partial charge in [-0.2, -0.15) is 0 Å². The maximum atomic E-state index is 10.9. The van der Waals surface area contributed by atoms with Crippen LogP contribution in [0.4, 0.5) is 5.69 Å². The molecule has 21 heavy (non-hydrogen) atoms. The van der Waals surface area contributed by atoms with E-state index in [0.717, 1.165) is 16.8 Å². The Morgan fingerprint density at radius 3 is 2.57 bits per heavy atom. The zero-order valence-corrected chi connectivity index (χ0v) is 12.0. The number of para-hydroxylation sites is 1. The summed E-state index contributed by atoms with van der Waals surface area (Å²) in [6.07, 6.45) is 0.0765. The van der Waals surface area contributed by atoms with E-state index in [4.69, 9.17) is 5.11 Å². The van der Waals surface area contributed by atoms with Crippen molar-refractivity contribution in [2.75, 3.05) is 11.4 Å². The molecule has 2 aromatic carbocycles. The summed E-state index contributed by atoms with van der Waals surface area (Å²) in [5.41, 5.74) is 3.06. The highest BCUT2D eigenvalue weighted by atomic mass is 16.4. The summed E-state index contributed by atoms with van der Waals surface area (Å²) in [5.74, 6) is -0.597. The standard InChI is InChI=1S/C17H19NO3/c1-13-5-2-3-8-16(13)18(10-9-17(20)21)12-14-6-4-7-15(19)11-14/h2-8,11,19H,9-10,12H2,1H3,(H,20,21). The Hall–Kier alpha value is -2.49. The highest BCUT2D eigenvalue weighted by Crippen LogP contribution is 2.23. The van der Waals surface area contributed by atoms with Gasteiger partial charge in [-0.05, 0) is 36.2 Å². The van der Waals surface area contributed by atoms with Gasteiger partial charge in [0.25, 0.3) is 0 Å². The fraction of sp³-hybridized carbons (Fsp3) is 0.235. The zero-order valence-electron chi connectivity index (χ0n) is 12.0. The second-order valence-electron chi connectivity index (χ2n) is 5.02. The van der Waals surface area contributed by atoms with Crippen LogP contribution in [0.5, 0.6) is 5.75 Å². The Balaban J connectivity index is 2.23. The van der Waals surface area contributed by atoms with Crippen LogP contribution < -0.4 is 4.90 Å². The van der Waals surface area contributed by atoms with Gasteiger partial charge >= 0.3 is 5.97 Å². The van der Waals surface area contributed by atoms with Gasteiger partial charge in [-0.25, -0.2) is 0 Å². The number of anilines is 1. The lowest BCUT2D eigenvalue weighted by Crippen LogP contribution is -2.26. The number of hydrogen-bond donors (Lipinski definition) is 2. The SMILES string of the molecule is Cc1ccccc1N(CCC(=O)O)Cc1cccc(O)c1. The number of aliphatic carboxylic acids is 1. The van der Waals surface area contributed by atoms with Crippen LogP contribution in [-0.2, 0) is 11.3 Å². The monoisotopic (exact) mass is 285 g/mol. The van der Waals surface area contributed by atoms with Gasteiger partial charge in [0.15, 0.2) is 0 Å². The van der Waals surface area contributed by atoms with Gasteiger partial charge in [0.2, 0.25) is 0 Å². The molecule has 0 aliphatic carbocycles. The minimum atomic E-state index is -0.815. The molecule has 4 heteroatoms. The van der Waals surface area contributed by atoms with E-state index in [1.165, 1.54) is 0 Å². The smallest absolute Gasteiger partial charge is 0.305 e. The molecule has 0 spiro atoms. The lowest BCUT2D eigenvalue weighted by Gasteiger charge is -2.26. The van der Waals surface area contributed by atoms with E-state index in [-0.39, 0.29) is 12.2 Å². The predicted octanol–water partition coefficient (Wildman–Crippen LogP) is 3.18. The van der Waals surface area contributed by atoms with Gasteiger partial charge in [0.05, 0.1) is 6.42 Å². The molecule has 4 nitrogen and oxygen atoms in total. The third-order valence-electron chi connectivity index (χ3n) is 3.34. The molecule has 0 heterocycles. The van der Waals surface area contributed by atoms with Crippen LogP contribution in [0.3, 0.4) is 0 Å². The van der Waals surface area contributed by atoms with Gasteiger partial charge in [0, 0.05) is 18.8 Å². The average Bonchev–Trinajstić information content (AvgIpc) is 2.44. The van der Waals surface area contributed by atoms with Crippen molar-refractivity contribution < 1.29 is 15.0 Å². The zero-order chi connectivity index (χ0) is 15.2. The molecule has 0 saturated heterocycles. The lowest BCUT2D eigenvalue weighted by molar-refractivity contribution is -0.136. The predicted molar refractivity (Wildman–Crippen MR) is 82.6 cm³/mol. The Morgan fingerprint density at radius 2 is 1.90 bits per heavy atom. The van der Waals surface area contributed by atoms with E-state index in [1.54, 1.807) is 18.2 Å². The number of aromatic hydroxyl groups is 1. The number of rotatable bonds is 6. The second-order valence-corrected chi connectivity index (χ2v) is 5.02. The van der Waals surface area contributed by atoms with Gasteiger partial charge in [-0.15, -0.1) is 0 Å². The number of aryl methyl sites for hydroxylation is 1. The van der Waals surface area contributed by atoms with Gasteiger partial charge < -0.3 is 15.1 Å². The molecule has 0 fully saturated rings. The molecule has 0 bridgehead atoms. The third-order valence-corrected chi connectivity index (χ3v) is 3.34. The van der Waals surface area contributed by atoms with E-state index in [9.17, 15) is 9.90 Å². The number of carbonyl (C=O) groups is 1. The van der Waals surface area contributed by atoms with E-state index in [2.05, 4.69) is 0 Å². The van der Waals surface area contributed by atoms with Crippen molar-refractivity contribution in [2.45, 2.75) is 19.9 Å². The number of phenolic OH excluding ortho intramolecular Hbond substituents is 1. The quantitative estimate of drug-likeness (QED) is 0.855. The molecule has 0 aliphatic rings. The first-order valence-corrected chi connectivity index (χ1v) is 6.86. The maximum absolute atomic E-state index is 10.9. The summed E-state index contributed by atoms with van der Waals surface area (Å²) in [5, 5.41) is 18.5. The highest BCUT2D eigenvalue weighted by Gasteiger charge is 2.11. The summed E-state index contributed by atoms with van der Waals surface area (Å²) >= 11 is 0. The van der Waals surface area contributed by atoms with Crippen molar-refractivity contribution in [2.24, 2.45) is 0 Å². The van der Waals surface area contributed by atoms with Gasteiger partial charge in [0.1, 0.15) is 5.75 Å². The molecule has 0 radical (unpaired) electrons. The van der Waals surface area contributed by atoms with Crippen LogP contribution in [0.15, 0.2) is 48.5 Å². The number of phenols is 1. The van der Waals surface area contributed by atoms with Crippen LogP contribution in [0, 0.1) is 6.92 Å². The molecular formula is C17H19NO3. The minimum Gasteiger partial charge on any atom is -0.508 e. The molecule has 2 N–H and O–H groups in total. The number of nitrogens with zero attached hydrogens (tertiary/aromatic N) is 1. The minimum absolute atomic E-state index is 0.0765. The van der Waals surface area contributed by atoms with Crippen LogP contribution >= 0.6 is 0 Å². The van der Waals surface area contributed by atoms with Crippen LogP contribution in [0.25, 0.3) is 0 Å². The molecule has 2 rings (SSSR count). The molecule has 2 aromatic rings. The molecule has 0 aromatic heterocycles. The molecule has 110 valence electrons. The van der Waals surface area contributed by atoms with Crippen LogP contribution in [0.2, 0.25) is 0 Å². The first-order valence-electron chi connectivity index (χ1n) is 6.86.